The van der Waals surface area contributed by atoms with Gasteiger partial charge in [0.15, 0.2) is 5.84 Å². The van der Waals surface area contributed by atoms with Crippen molar-refractivity contribution in [2.45, 2.75) is 12.8 Å². The number of nitrogens with zero attached hydrogens (tertiary/aromatic N) is 2. The van der Waals surface area contributed by atoms with E-state index >= 15 is 0 Å². The molecule has 0 spiro atoms. The number of benzene rings is 2. The number of hydrogen-bond acceptors (Lipinski definition) is 6. The summed E-state index contributed by atoms with van der Waals surface area (Å²) in [4.78, 5) is 42.4. The summed E-state index contributed by atoms with van der Waals surface area (Å²) < 4.78 is 5.17. The SMILES string of the molecule is COc1ccc(Cl)cc1/C(N)=N/OC(=O)CCCN1C(=O)c2ccccc2C1=O. The number of halogens is 1. The van der Waals surface area contributed by atoms with Crippen LogP contribution in [0.4, 0.5) is 0 Å². The summed E-state index contributed by atoms with van der Waals surface area (Å²) in [5.41, 5.74) is 6.96. The van der Waals surface area contributed by atoms with E-state index in [1.165, 1.54) is 13.2 Å². The first-order valence-corrected chi connectivity index (χ1v) is 9.12. The van der Waals surface area contributed by atoms with Crippen molar-refractivity contribution in [3.63, 3.8) is 0 Å². The fraction of sp³-hybridized carbons (Fsp3) is 0.200. The zero-order valence-electron chi connectivity index (χ0n) is 15.6. The summed E-state index contributed by atoms with van der Waals surface area (Å²) in [7, 11) is 1.46. The van der Waals surface area contributed by atoms with E-state index < -0.39 is 5.97 Å². The van der Waals surface area contributed by atoms with Crippen molar-refractivity contribution in [1.82, 2.24) is 4.90 Å². The lowest BCUT2D eigenvalue weighted by atomic mass is 10.1. The van der Waals surface area contributed by atoms with Crippen LogP contribution in [0.5, 0.6) is 5.75 Å². The zero-order chi connectivity index (χ0) is 21.0. The van der Waals surface area contributed by atoms with Crippen molar-refractivity contribution < 1.29 is 24.0 Å². The number of carbonyl (C=O) groups is 3. The van der Waals surface area contributed by atoms with E-state index in [2.05, 4.69) is 5.16 Å². The third-order valence-electron chi connectivity index (χ3n) is 4.32. The first-order valence-electron chi connectivity index (χ1n) is 8.75. The van der Waals surface area contributed by atoms with Crippen LogP contribution in [0, 0.1) is 0 Å². The predicted molar refractivity (Wildman–Crippen MR) is 106 cm³/mol. The fourth-order valence-electron chi connectivity index (χ4n) is 2.90. The summed E-state index contributed by atoms with van der Waals surface area (Å²) in [6, 6.07) is 11.4. The lowest BCUT2D eigenvalue weighted by molar-refractivity contribution is -0.143. The molecule has 0 aromatic heterocycles. The van der Waals surface area contributed by atoms with E-state index in [4.69, 9.17) is 26.9 Å². The maximum atomic E-state index is 12.3. The molecule has 0 atom stereocenters. The second-order valence-corrected chi connectivity index (χ2v) is 6.63. The Hall–Kier alpha value is -3.39. The van der Waals surface area contributed by atoms with Gasteiger partial charge in [-0.05, 0) is 36.8 Å². The molecule has 2 aromatic rings. The number of ether oxygens (including phenoxy) is 1. The van der Waals surface area contributed by atoms with E-state index in [1.807, 2.05) is 0 Å². The molecule has 0 saturated heterocycles. The van der Waals surface area contributed by atoms with Gasteiger partial charge in [-0.2, -0.15) is 0 Å². The van der Waals surface area contributed by atoms with Gasteiger partial charge in [0, 0.05) is 18.0 Å². The molecule has 9 heteroatoms. The van der Waals surface area contributed by atoms with Crippen molar-refractivity contribution in [3.05, 3.63) is 64.2 Å². The van der Waals surface area contributed by atoms with Crippen molar-refractivity contribution in [2.24, 2.45) is 10.9 Å². The van der Waals surface area contributed by atoms with Crippen LogP contribution in [0.2, 0.25) is 5.02 Å². The number of fused-ring (bicyclic) bond motifs is 1. The van der Waals surface area contributed by atoms with Crippen LogP contribution >= 0.6 is 11.6 Å². The number of hydrogen-bond donors (Lipinski definition) is 1. The number of imide groups is 1. The second kappa shape index (κ2) is 8.74. The molecule has 150 valence electrons. The molecule has 8 nitrogen and oxygen atoms in total. The standard InChI is InChI=1S/C20H18ClN3O5/c1-28-16-9-8-12(21)11-15(16)18(22)23-29-17(25)7-4-10-24-19(26)13-5-2-3-6-14(13)20(24)27/h2-3,5-6,8-9,11H,4,7,10H2,1H3,(H2,22,23). The van der Waals surface area contributed by atoms with Gasteiger partial charge >= 0.3 is 5.97 Å². The molecule has 0 radical (unpaired) electrons. The topological polar surface area (TPSA) is 111 Å². The molecule has 29 heavy (non-hydrogen) atoms. The van der Waals surface area contributed by atoms with Crippen molar-refractivity contribution >= 4 is 35.2 Å². The van der Waals surface area contributed by atoms with Crippen LogP contribution in [0.3, 0.4) is 0 Å². The zero-order valence-corrected chi connectivity index (χ0v) is 16.3. The highest BCUT2D eigenvalue weighted by Gasteiger charge is 2.34. The van der Waals surface area contributed by atoms with Gasteiger partial charge in [0.2, 0.25) is 0 Å². The minimum atomic E-state index is -0.648. The summed E-state index contributed by atoms with van der Waals surface area (Å²) in [5.74, 6) is -1.02. The summed E-state index contributed by atoms with van der Waals surface area (Å²) in [6.45, 7) is 0.1000. The molecule has 0 bridgehead atoms. The van der Waals surface area contributed by atoms with Gasteiger partial charge in [0.05, 0.1) is 23.8 Å². The average molecular weight is 416 g/mol. The normalized spacial score (nSPS) is 13.4. The second-order valence-electron chi connectivity index (χ2n) is 6.20. The van der Waals surface area contributed by atoms with E-state index in [0.717, 1.165) is 4.90 Å². The van der Waals surface area contributed by atoms with Gasteiger partial charge in [-0.15, -0.1) is 0 Å². The molecule has 3 rings (SSSR count). The van der Waals surface area contributed by atoms with Crippen molar-refractivity contribution in [3.8, 4) is 5.75 Å². The first kappa shape index (κ1) is 20.3. The quantitative estimate of drug-likeness (QED) is 0.244. The Bertz CT molecular complexity index is 970. The van der Waals surface area contributed by atoms with Crippen LogP contribution in [0.15, 0.2) is 47.6 Å². The Morgan fingerprint density at radius 2 is 1.79 bits per heavy atom. The Labute approximate surface area is 171 Å². The van der Waals surface area contributed by atoms with Gasteiger partial charge < -0.3 is 15.3 Å². The maximum absolute atomic E-state index is 12.3. The molecule has 1 heterocycles. The molecular weight excluding hydrogens is 398 g/mol. The summed E-state index contributed by atoms with van der Waals surface area (Å²) >= 11 is 5.93. The number of methoxy groups -OCH3 is 1. The van der Waals surface area contributed by atoms with E-state index in [9.17, 15) is 14.4 Å². The number of nitrogens with two attached hydrogens (primary N) is 1. The molecule has 1 aliphatic heterocycles. The van der Waals surface area contributed by atoms with Crippen LogP contribution in [-0.2, 0) is 9.63 Å². The predicted octanol–water partition coefficient (Wildman–Crippen LogP) is 2.59. The molecular formula is C20H18ClN3O5. The fourth-order valence-corrected chi connectivity index (χ4v) is 3.07. The average Bonchev–Trinajstić information content (AvgIpc) is 2.97. The molecule has 2 N–H and O–H groups in total. The van der Waals surface area contributed by atoms with Crippen LogP contribution < -0.4 is 10.5 Å². The van der Waals surface area contributed by atoms with E-state index in [-0.39, 0.29) is 37.0 Å². The summed E-state index contributed by atoms with van der Waals surface area (Å²) in [5, 5.41) is 4.04. The Kier molecular flexibility index (Phi) is 6.13. The van der Waals surface area contributed by atoms with Crippen LogP contribution in [0.1, 0.15) is 39.1 Å². The van der Waals surface area contributed by atoms with Crippen LogP contribution in [-0.4, -0.2) is 42.2 Å². The van der Waals surface area contributed by atoms with Crippen molar-refractivity contribution in [1.29, 1.82) is 0 Å². The Balaban J connectivity index is 1.53. The lowest BCUT2D eigenvalue weighted by Gasteiger charge is -2.12. The maximum Gasteiger partial charge on any atom is 0.335 e. The highest BCUT2D eigenvalue weighted by molar-refractivity contribution is 6.31. The van der Waals surface area contributed by atoms with E-state index in [1.54, 1.807) is 36.4 Å². The highest BCUT2D eigenvalue weighted by atomic mass is 35.5. The van der Waals surface area contributed by atoms with Gasteiger partial charge in [-0.1, -0.05) is 28.9 Å². The highest BCUT2D eigenvalue weighted by Crippen LogP contribution is 2.23. The number of amides is 2. The molecule has 2 aromatic carbocycles. The Morgan fingerprint density at radius 3 is 2.41 bits per heavy atom. The molecule has 2 amide bonds. The smallest absolute Gasteiger partial charge is 0.335 e. The molecule has 0 saturated carbocycles. The minimum Gasteiger partial charge on any atom is -0.496 e. The number of carbonyl (C=O) groups excluding carboxylic acids is 3. The lowest BCUT2D eigenvalue weighted by Crippen LogP contribution is -2.31. The Morgan fingerprint density at radius 1 is 1.14 bits per heavy atom. The third kappa shape index (κ3) is 4.38. The molecule has 0 aliphatic carbocycles. The molecule has 0 unspecified atom stereocenters. The van der Waals surface area contributed by atoms with E-state index in [0.29, 0.717) is 27.5 Å². The van der Waals surface area contributed by atoms with Gasteiger partial charge in [0.1, 0.15) is 5.75 Å². The summed E-state index contributed by atoms with van der Waals surface area (Å²) in [6.07, 6.45) is 0.192. The minimum absolute atomic E-state index is 0.0448. The molecule has 0 fully saturated rings. The number of rotatable bonds is 7. The monoisotopic (exact) mass is 415 g/mol. The number of oxime groups is 1. The van der Waals surface area contributed by atoms with Crippen molar-refractivity contribution in [2.75, 3.05) is 13.7 Å². The van der Waals surface area contributed by atoms with Gasteiger partial charge in [-0.25, -0.2) is 4.79 Å². The van der Waals surface area contributed by atoms with Crippen LogP contribution in [0.25, 0.3) is 0 Å². The van der Waals surface area contributed by atoms with Gasteiger partial charge in [-0.3, -0.25) is 14.5 Å². The largest absolute Gasteiger partial charge is 0.496 e. The van der Waals surface area contributed by atoms with Gasteiger partial charge in [0.25, 0.3) is 11.8 Å². The number of amidine groups is 1. The molecule has 1 aliphatic rings. The third-order valence-corrected chi connectivity index (χ3v) is 4.56. The first-order chi connectivity index (χ1) is 13.9.